The zero-order valence-electron chi connectivity index (χ0n) is 10.7. The Balaban J connectivity index is 2.59. The number of benzene rings is 2. The van der Waals surface area contributed by atoms with Crippen LogP contribution in [-0.4, -0.2) is 7.05 Å². The molecule has 1 nitrogen and oxygen atoms in total. The molecule has 0 amide bonds. The third kappa shape index (κ3) is 3.08. The molecule has 0 saturated heterocycles. The highest BCUT2D eigenvalue weighted by Crippen LogP contribution is 2.33. The van der Waals surface area contributed by atoms with Crippen LogP contribution in [0.2, 0.25) is 10.0 Å². The van der Waals surface area contributed by atoms with E-state index in [0.717, 1.165) is 16.7 Å². The maximum Gasteiger partial charge on any atom is 0.123 e. The number of rotatable bonds is 3. The van der Waals surface area contributed by atoms with Crippen molar-refractivity contribution in [3.8, 4) is 11.1 Å². The van der Waals surface area contributed by atoms with Gasteiger partial charge in [-0.3, -0.25) is 0 Å². The van der Waals surface area contributed by atoms with Crippen LogP contribution in [0.15, 0.2) is 36.4 Å². The molecule has 1 atom stereocenters. The van der Waals surface area contributed by atoms with Crippen LogP contribution < -0.4 is 5.32 Å². The van der Waals surface area contributed by atoms with Crippen LogP contribution in [0.3, 0.4) is 0 Å². The van der Waals surface area contributed by atoms with Gasteiger partial charge in [0.25, 0.3) is 0 Å². The van der Waals surface area contributed by atoms with Gasteiger partial charge in [-0.15, -0.1) is 0 Å². The average Bonchev–Trinajstić information content (AvgIpc) is 2.41. The number of hydrogen-bond donors (Lipinski definition) is 1. The monoisotopic (exact) mass is 297 g/mol. The standard InChI is InChI=1S/C15H14Cl2FN/c1-9(19-2)12-5-4-11(18)8-13(12)10-3-6-14(16)15(17)7-10/h3-9,19H,1-2H3. The molecule has 2 aromatic rings. The zero-order chi connectivity index (χ0) is 14.0. The molecule has 100 valence electrons. The average molecular weight is 298 g/mol. The molecule has 1 N–H and O–H groups in total. The summed E-state index contributed by atoms with van der Waals surface area (Å²) in [6, 6.07) is 10.2. The molecule has 0 aliphatic rings. The summed E-state index contributed by atoms with van der Waals surface area (Å²) in [6.07, 6.45) is 0. The van der Waals surface area contributed by atoms with Gasteiger partial charge in [0, 0.05) is 6.04 Å². The number of halogens is 3. The predicted molar refractivity (Wildman–Crippen MR) is 79.3 cm³/mol. The maximum atomic E-state index is 13.5. The predicted octanol–water partition coefficient (Wildman–Crippen LogP) is 5.08. The van der Waals surface area contributed by atoms with Crippen LogP contribution in [0, 0.1) is 5.82 Å². The lowest BCUT2D eigenvalue weighted by Gasteiger charge is -2.16. The molecule has 0 aliphatic heterocycles. The molecule has 2 aromatic carbocycles. The Labute approximate surface area is 122 Å². The first-order valence-corrected chi connectivity index (χ1v) is 6.70. The molecule has 0 saturated carbocycles. The first-order chi connectivity index (χ1) is 9.02. The smallest absolute Gasteiger partial charge is 0.123 e. The topological polar surface area (TPSA) is 12.0 Å². The summed E-state index contributed by atoms with van der Waals surface area (Å²) in [6.45, 7) is 2.02. The van der Waals surface area contributed by atoms with Crippen molar-refractivity contribution in [2.75, 3.05) is 7.05 Å². The number of hydrogen-bond acceptors (Lipinski definition) is 1. The van der Waals surface area contributed by atoms with E-state index in [2.05, 4.69) is 5.32 Å². The Kier molecular flexibility index (Phi) is 4.46. The molecule has 0 aromatic heterocycles. The van der Waals surface area contributed by atoms with E-state index in [4.69, 9.17) is 23.2 Å². The zero-order valence-corrected chi connectivity index (χ0v) is 12.2. The molecule has 19 heavy (non-hydrogen) atoms. The quantitative estimate of drug-likeness (QED) is 0.833. The number of nitrogens with one attached hydrogen (secondary N) is 1. The van der Waals surface area contributed by atoms with Crippen molar-refractivity contribution in [1.29, 1.82) is 0 Å². The van der Waals surface area contributed by atoms with Crippen LogP contribution in [0.5, 0.6) is 0 Å². The van der Waals surface area contributed by atoms with Crippen molar-refractivity contribution in [3.05, 3.63) is 57.8 Å². The fourth-order valence-electron chi connectivity index (χ4n) is 1.98. The fraction of sp³-hybridized carbons (Fsp3) is 0.200. The van der Waals surface area contributed by atoms with Gasteiger partial charge in [0.15, 0.2) is 0 Å². The van der Waals surface area contributed by atoms with Gasteiger partial charge >= 0.3 is 0 Å². The second-order valence-corrected chi connectivity index (χ2v) is 5.19. The van der Waals surface area contributed by atoms with Gasteiger partial charge in [-0.2, -0.15) is 0 Å². The van der Waals surface area contributed by atoms with Crippen molar-refractivity contribution < 1.29 is 4.39 Å². The molecule has 2 rings (SSSR count). The Hall–Kier alpha value is -1.09. The second kappa shape index (κ2) is 5.91. The summed E-state index contributed by atoms with van der Waals surface area (Å²) in [5.41, 5.74) is 2.69. The lowest BCUT2D eigenvalue weighted by atomic mass is 9.95. The molecule has 0 aliphatic carbocycles. The van der Waals surface area contributed by atoms with E-state index in [1.165, 1.54) is 12.1 Å². The molecule has 0 radical (unpaired) electrons. The van der Waals surface area contributed by atoms with Gasteiger partial charge in [0.2, 0.25) is 0 Å². The summed E-state index contributed by atoms with van der Waals surface area (Å²) < 4.78 is 13.5. The lowest BCUT2D eigenvalue weighted by Crippen LogP contribution is -2.13. The van der Waals surface area contributed by atoms with E-state index in [1.54, 1.807) is 18.2 Å². The van der Waals surface area contributed by atoms with Crippen molar-refractivity contribution in [3.63, 3.8) is 0 Å². The molecule has 1 unspecified atom stereocenters. The highest BCUT2D eigenvalue weighted by atomic mass is 35.5. The van der Waals surface area contributed by atoms with Gasteiger partial charge in [0.05, 0.1) is 10.0 Å². The Morgan fingerprint density at radius 2 is 1.79 bits per heavy atom. The van der Waals surface area contributed by atoms with E-state index in [9.17, 15) is 4.39 Å². The van der Waals surface area contributed by atoms with Crippen LogP contribution in [-0.2, 0) is 0 Å². The van der Waals surface area contributed by atoms with Crippen LogP contribution in [0.4, 0.5) is 4.39 Å². The van der Waals surface area contributed by atoms with E-state index in [1.807, 2.05) is 20.0 Å². The minimum absolute atomic E-state index is 0.116. The fourth-order valence-corrected chi connectivity index (χ4v) is 2.27. The first kappa shape index (κ1) is 14.3. The minimum atomic E-state index is -0.270. The van der Waals surface area contributed by atoms with E-state index < -0.39 is 0 Å². The molecular formula is C15H14Cl2FN. The van der Waals surface area contributed by atoms with Gasteiger partial charge in [-0.1, -0.05) is 35.3 Å². The third-order valence-corrected chi connectivity index (χ3v) is 3.88. The van der Waals surface area contributed by atoms with Crippen molar-refractivity contribution in [2.45, 2.75) is 13.0 Å². The summed E-state index contributed by atoms with van der Waals surface area (Å²) in [5, 5.41) is 4.11. The van der Waals surface area contributed by atoms with Crippen LogP contribution >= 0.6 is 23.2 Å². The molecule has 0 fully saturated rings. The van der Waals surface area contributed by atoms with Gasteiger partial charge in [-0.05, 0) is 54.9 Å². The second-order valence-electron chi connectivity index (χ2n) is 4.37. The summed E-state index contributed by atoms with van der Waals surface area (Å²) >= 11 is 11.9. The van der Waals surface area contributed by atoms with Gasteiger partial charge in [-0.25, -0.2) is 4.39 Å². The molecule has 0 bridgehead atoms. The third-order valence-electron chi connectivity index (χ3n) is 3.15. The van der Waals surface area contributed by atoms with Crippen molar-refractivity contribution >= 4 is 23.2 Å². The summed E-state index contributed by atoms with van der Waals surface area (Å²) in [4.78, 5) is 0. The maximum absolute atomic E-state index is 13.5. The Morgan fingerprint density at radius 1 is 1.05 bits per heavy atom. The molecule has 0 spiro atoms. The van der Waals surface area contributed by atoms with Gasteiger partial charge in [0.1, 0.15) is 5.82 Å². The van der Waals surface area contributed by atoms with E-state index >= 15 is 0 Å². The van der Waals surface area contributed by atoms with Crippen molar-refractivity contribution in [2.24, 2.45) is 0 Å². The Bertz CT molecular complexity index is 599. The molecule has 0 heterocycles. The van der Waals surface area contributed by atoms with Crippen LogP contribution in [0.1, 0.15) is 18.5 Å². The summed E-state index contributed by atoms with van der Waals surface area (Å²) in [5.74, 6) is -0.270. The first-order valence-electron chi connectivity index (χ1n) is 5.95. The minimum Gasteiger partial charge on any atom is -0.313 e. The van der Waals surface area contributed by atoms with E-state index in [-0.39, 0.29) is 11.9 Å². The Morgan fingerprint density at radius 3 is 2.42 bits per heavy atom. The lowest BCUT2D eigenvalue weighted by molar-refractivity contribution is 0.620. The normalized spacial score (nSPS) is 12.5. The van der Waals surface area contributed by atoms with Crippen LogP contribution in [0.25, 0.3) is 11.1 Å². The highest BCUT2D eigenvalue weighted by molar-refractivity contribution is 6.42. The SMILES string of the molecule is CNC(C)c1ccc(F)cc1-c1ccc(Cl)c(Cl)c1. The van der Waals surface area contributed by atoms with E-state index in [0.29, 0.717) is 10.0 Å². The van der Waals surface area contributed by atoms with Crippen molar-refractivity contribution in [1.82, 2.24) is 5.32 Å². The summed E-state index contributed by atoms with van der Waals surface area (Å²) in [7, 11) is 1.87. The molecular weight excluding hydrogens is 284 g/mol. The van der Waals surface area contributed by atoms with Gasteiger partial charge < -0.3 is 5.32 Å². The highest BCUT2D eigenvalue weighted by Gasteiger charge is 2.12. The molecule has 4 heteroatoms. The largest absolute Gasteiger partial charge is 0.313 e.